The molecule has 0 atom stereocenters. The van der Waals surface area contributed by atoms with E-state index < -0.39 is 10.0 Å². The molecule has 1 amide bonds. The van der Waals surface area contributed by atoms with Gasteiger partial charge in [0.05, 0.1) is 17.7 Å². The average Bonchev–Trinajstić information content (AvgIpc) is 2.86. The number of amides is 1. The lowest BCUT2D eigenvalue weighted by Gasteiger charge is -2.24. The van der Waals surface area contributed by atoms with Gasteiger partial charge in [-0.1, -0.05) is 42.0 Å². The van der Waals surface area contributed by atoms with Gasteiger partial charge in [0.25, 0.3) is 10.0 Å². The molecular formula is C27H32N2O4S2. The van der Waals surface area contributed by atoms with E-state index in [9.17, 15) is 13.2 Å². The molecule has 3 rings (SSSR count). The second-order valence-electron chi connectivity index (χ2n) is 8.21. The number of hydrogen-bond donors (Lipinski definition) is 1. The van der Waals surface area contributed by atoms with Gasteiger partial charge in [-0.2, -0.15) is 11.8 Å². The summed E-state index contributed by atoms with van der Waals surface area (Å²) in [4.78, 5) is 12.9. The van der Waals surface area contributed by atoms with E-state index in [2.05, 4.69) is 24.4 Å². The molecule has 35 heavy (non-hydrogen) atoms. The molecule has 8 heteroatoms. The molecule has 0 aromatic heterocycles. The average molecular weight is 513 g/mol. The number of anilines is 1. The van der Waals surface area contributed by atoms with E-state index >= 15 is 0 Å². The van der Waals surface area contributed by atoms with Gasteiger partial charge in [0, 0.05) is 12.3 Å². The molecule has 0 saturated carbocycles. The number of nitrogens with zero attached hydrogens (tertiary/aromatic N) is 1. The van der Waals surface area contributed by atoms with Crippen LogP contribution in [0.15, 0.2) is 77.7 Å². The first-order chi connectivity index (χ1) is 16.8. The van der Waals surface area contributed by atoms with Gasteiger partial charge in [-0.05, 0) is 73.5 Å². The Labute approximate surface area is 212 Å². The van der Waals surface area contributed by atoms with Crippen LogP contribution >= 0.6 is 11.8 Å². The first-order valence-electron chi connectivity index (χ1n) is 11.4. The number of hydrogen-bond acceptors (Lipinski definition) is 5. The fourth-order valence-electron chi connectivity index (χ4n) is 3.44. The van der Waals surface area contributed by atoms with Gasteiger partial charge in [0.1, 0.15) is 12.3 Å². The molecule has 0 bridgehead atoms. The molecule has 0 spiro atoms. The first-order valence-corrected chi connectivity index (χ1v) is 14.0. The number of sulfonamides is 1. The van der Waals surface area contributed by atoms with Gasteiger partial charge in [0.2, 0.25) is 5.91 Å². The Morgan fingerprint density at radius 1 is 0.971 bits per heavy atom. The zero-order valence-corrected chi connectivity index (χ0v) is 22.0. The third-order valence-electron chi connectivity index (χ3n) is 5.56. The summed E-state index contributed by atoms with van der Waals surface area (Å²) in [6.45, 7) is 4.18. The van der Waals surface area contributed by atoms with Gasteiger partial charge in [-0.15, -0.1) is 0 Å². The summed E-state index contributed by atoms with van der Waals surface area (Å²) in [5.74, 6) is 2.09. The molecular weight excluding hydrogens is 480 g/mol. The van der Waals surface area contributed by atoms with Crippen LogP contribution in [-0.2, 0) is 20.6 Å². The minimum Gasteiger partial charge on any atom is -0.497 e. The molecule has 3 aromatic rings. The van der Waals surface area contributed by atoms with Crippen molar-refractivity contribution in [2.24, 2.45) is 0 Å². The van der Waals surface area contributed by atoms with Crippen molar-refractivity contribution in [3.05, 3.63) is 89.5 Å². The van der Waals surface area contributed by atoms with Gasteiger partial charge in [-0.3, -0.25) is 9.10 Å². The van der Waals surface area contributed by atoms with E-state index in [1.54, 1.807) is 55.6 Å². The summed E-state index contributed by atoms with van der Waals surface area (Å²) in [5.41, 5.74) is 3.95. The molecule has 0 aliphatic heterocycles. The molecule has 0 unspecified atom stereocenters. The second kappa shape index (κ2) is 12.7. The highest BCUT2D eigenvalue weighted by atomic mass is 32.2. The van der Waals surface area contributed by atoms with Crippen LogP contribution in [0.2, 0.25) is 0 Å². The summed E-state index contributed by atoms with van der Waals surface area (Å²) >= 11 is 1.82. The lowest BCUT2D eigenvalue weighted by molar-refractivity contribution is -0.119. The number of thioether (sulfide) groups is 1. The maximum absolute atomic E-state index is 13.4. The first kappa shape index (κ1) is 26.6. The third kappa shape index (κ3) is 7.50. The van der Waals surface area contributed by atoms with E-state index in [1.807, 2.05) is 30.8 Å². The van der Waals surface area contributed by atoms with Crippen molar-refractivity contribution in [2.45, 2.75) is 30.9 Å². The van der Waals surface area contributed by atoms with Crippen molar-refractivity contribution in [3.8, 4) is 5.75 Å². The van der Waals surface area contributed by atoms with Crippen molar-refractivity contribution in [2.75, 3.05) is 30.3 Å². The Morgan fingerprint density at radius 3 is 2.31 bits per heavy atom. The minimum absolute atomic E-state index is 0.138. The highest BCUT2D eigenvalue weighted by Gasteiger charge is 2.27. The smallest absolute Gasteiger partial charge is 0.264 e. The van der Waals surface area contributed by atoms with Gasteiger partial charge >= 0.3 is 0 Å². The Hall–Kier alpha value is -2.97. The lowest BCUT2D eigenvalue weighted by atomic mass is 10.1. The molecule has 1 N–H and O–H groups in total. The van der Waals surface area contributed by atoms with Gasteiger partial charge in [-0.25, -0.2) is 8.42 Å². The second-order valence-corrected chi connectivity index (χ2v) is 11.2. The van der Waals surface area contributed by atoms with Crippen LogP contribution in [0.25, 0.3) is 0 Å². The van der Waals surface area contributed by atoms with E-state index in [0.29, 0.717) is 18.0 Å². The fourth-order valence-corrected chi connectivity index (χ4v) is 5.90. The summed E-state index contributed by atoms with van der Waals surface area (Å²) < 4.78 is 33.2. The molecule has 0 aliphatic rings. The van der Waals surface area contributed by atoms with Crippen LogP contribution in [0.5, 0.6) is 5.75 Å². The lowest BCUT2D eigenvalue weighted by Crippen LogP contribution is -2.41. The largest absolute Gasteiger partial charge is 0.497 e. The fraction of sp³-hybridized carbons (Fsp3) is 0.296. The van der Waals surface area contributed by atoms with Crippen LogP contribution in [-0.4, -0.2) is 40.3 Å². The number of ether oxygens (including phenoxy) is 1. The Morgan fingerprint density at radius 2 is 1.66 bits per heavy atom. The van der Waals surface area contributed by atoms with Crippen molar-refractivity contribution in [1.82, 2.24) is 5.32 Å². The monoisotopic (exact) mass is 512 g/mol. The summed E-state index contributed by atoms with van der Waals surface area (Å²) in [5, 5.41) is 2.87. The number of rotatable bonds is 12. The predicted molar refractivity (Wildman–Crippen MR) is 144 cm³/mol. The molecule has 0 heterocycles. The molecule has 0 saturated heterocycles. The number of carbonyl (C=O) groups is 1. The van der Waals surface area contributed by atoms with Crippen LogP contribution < -0.4 is 14.4 Å². The molecule has 0 fully saturated rings. The van der Waals surface area contributed by atoms with E-state index in [1.165, 1.54) is 11.1 Å². The summed E-state index contributed by atoms with van der Waals surface area (Å²) in [6, 6.07) is 21.6. The van der Waals surface area contributed by atoms with Crippen molar-refractivity contribution >= 4 is 33.4 Å². The van der Waals surface area contributed by atoms with Gasteiger partial charge < -0.3 is 10.1 Å². The Kier molecular flexibility index (Phi) is 9.63. The van der Waals surface area contributed by atoms with Crippen molar-refractivity contribution in [3.63, 3.8) is 0 Å². The summed E-state index contributed by atoms with van der Waals surface area (Å²) in [6.07, 6.45) is 0.801. The number of nitrogens with one attached hydrogen (secondary N) is 1. The molecule has 186 valence electrons. The van der Waals surface area contributed by atoms with E-state index in [0.717, 1.165) is 27.8 Å². The standard InChI is InChI=1S/C27H32N2O4S2/c1-21-9-15-26(16-10-21)35(31,32)29(24-11-13-25(33-3)14-12-24)19-27(30)28-17-6-18-34-20-23-8-5-4-7-22(23)2/h4-5,7-16H,6,17-20H2,1-3H3,(H,28,30). The zero-order chi connectivity index (χ0) is 25.3. The number of benzene rings is 3. The maximum Gasteiger partial charge on any atom is 0.264 e. The Bertz CT molecular complexity index is 1210. The maximum atomic E-state index is 13.4. The molecule has 0 aliphatic carbocycles. The normalized spacial score (nSPS) is 11.2. The van der Waals surface area contributed by atoms with Crippen LogP contribution in [0, 0.1) is 13.8 Å². The van der Waals surface area contributed by atoms with Crippen LogP contribution in [0.1, 0.15) is 23.1 Å². The van der Waals surface area contributed by atoms with E-state index in [4.69, 9.17) is 4.74 Å². The van der Waals surface area contributed by atoms with Crippen LogP contribution in [0.4, 0.5) is 5.69 Å². The third-order valence-corrected chi connectivity index (χ3v) is 8.44. The topological polar surface area (TPSA) is 75.7 Å². The quantitative estimate of drug-likeness (QED) is 0.348. The molecule has 0 radical (unpaired) electrons. The highest BCUT2D eigenvalue weighted by Crippen LogP contribution is 2.26. The number of aryl methyl sites for hydroxylation is 2. The van der Waals surface area contributed by atoms with Crippen molar-refractivity contribution < 1.29 is 17.9 Å². The minimum atomic E-state index is -3.93. The Balaban J connectivity index is 1.60. The number of methoxy groups -OCH3 is 1. The van der Waals surface area contributed by atoms with Crippen LogP contribution in [0.3, 0.4) is 0 Å². The SMILES string of the molecule is COc1ccc(N(CC(=O)NCCCSCc2ccccc2C)S(=O)(=O)c2ccc(C)cc2)cc1. The molecule has 3 aromatic carbocycles. The summed E-state index contributed by atoms with van der Waals surface area (Å²) in [7, 11) is -2.39. The number of carbonyl (C=O) groups excluding carboxylic acids is 1. The van der Waals surface area contributed by atoms with Gasteiger partial charge in [0.15, 0.2) is 0 Å². The van der Waals surface area contributed by atoms with E-state index in [-0.39, 0.29) is 17.3 Å². The predicted octanol–water partition coefficient (Wildman–Crippen LogP) is 4.95. The molecule has 6 nitrogen and oxygen atoms in total. The van der Waals surface area contributed by atoms with Crippen molar-refractivity contribution in [1.29, 1.82) is 0 Å². The zero-order valence-electron chi connectivity index (χ0n) is 20.4. The highest BCUT2D eigenvalue weighted by molar-refractivity contribution is 7.98.